The molecule has 0 spiro atoms. The summed E-state index contributed by atoms with van der Waals surface area (Å²) in [5.41, 5.74) is 6.00. The fourth-order valence-electron chi connectivity index (χ4n) is 5.14. The maximum atomic E-state index is 13.8. The number of fused-ring (bicyclic) bond motifs is 1. The van der Waals surface area contributed by atoms with Gasteiger partial charge in [0.25, 0.3) is 0 Å². The van der Waals surface area contributed by atoms with Gasteiger partial charge in [0.15, 0.2) is 17.5 Å². The van der Waals surface area contributed by atoms with E-state index in [0.717, 1.165) is 31.5 Å². The van der Waals surface area contributed by atoms with Gasteiger partial charge in [0.2, 0.25) is 0 Å². The van der Waals surface area contributed by atoms with E-state index in [0.29, 0.717) is 24.4 Å². The number of benzene rings is 1. The number of aromatic nitrogens is 2. The average molecular weight is 430 g/mol. The fraction of sp³-hybridized carbons (Fsp3) is 0.429. The molecule has 2 aliphatic heterocycles. The summed E-state index contributed by atoms with van der Waals surface area (Å²) in [5, 5.41) is 5.46. The van der Waals surface area contributed by atoms with Gasteiger partial charge in [-0.1, -0.05) is 6.42 Å². The van der Waals surface area contributed by atoms with Gasteiger partial charge in [-0.3, -0.25) is 0 Å². The van der Waals surface area contributed by atoms with Crippen LogP contribution in [0.4, 0.5) is 23.8 Å². The standard InChI is InChI=1S/C21H21F3N6O/c22-13-6-12(7-14(23)8-13)17-4-5-27-30(17)21(31)29-10-11-2-1-3-15(11)18(29)20-26-9-16(24)19(25)28-20/h5-9,11,15,17-18H,1-4,10H2,(H2,25,26,28)/t11-,15+,17+,18+/m0/s1. The Labute approximate surface area is 176 Å². The molecule has 162 valence electrons. The zero-order valence-electron chi connectivity index (χ0n) is 16.6. The lowest BCUT2D eigenvalue weighted by Crippen LogP contribution is -2.42. The number of hydrogen-bond acceptors (Lipinski definition) is 5. The Balaban J connectivity index is 1.47. The Morgan fingerprint density at radius 3 is 2.65 bits per heavy atom. The van der Waals surface area contributed by atoms with E-state index in [1.807, 2.05) is 0 Å². The lowest BCUT2D eigenvalue weighted by Gasteiger charge is -2.32. The zero-order chi connectivity index (χ0) is 21.7. The number of hydrazone groups is 1. The van der Waals surface area contributed by atoms with Crippen LogP contribution in [-0.2, 0) is 0 Å². The molecule has 10 heteroatoms. The SMILES string of the molecule is Nc1nc([C@H]2[C@@H]3CCC[C@H]3CN2C(=O)N2N=CC[C@@H]2c2cc(F)cc(F)c2)ncc1F. The number of nitrogens with two attached hydrogens (primary N) is 1. The average Bonchev–Trinajstić information content (AvgIpc) is 3.44. The second-order valence-electron chi connectivity index (χ2n) is 8.29. The molecule has 2 amide bonds. The molecular weight excluding hydrogens is 409 g/mol. The van der Waals surface area contributed by atoms with Crippen molar-refractivity contribution in [3.8, 4) is 0 Å². The highest BCUT2D eigenvalue weighted by Crippen LogP contribution is 2.49. The van der Waals surface area contributed by atoms with Gasteiger partial charge in [-0.2, -0.15) is 5.10 Å². The van der Waals surface area contributed by atoms with Gasteiger partial charge in [0.05, 0.1) is 18.3 Å². The van der Waals surface area contributed by atoms with Crippen molar-refractivity contribution in [3.63, 3.8) is 0 Å². The van der Waals surface area contributed by atoms with Gasteiger partial charge < -0.3 is 10.6 Å². The van der Waals surface area contributed by atoms with Crippen LogP contribution in [0.3, 0.4) is 0 Å². The van der Waals surface area contributed by atoms with Crippen LogP contribution in [-0.4, -0.2) is 38.7 Å². The van der Waals surface area contributed by atoms with E-state index in [4.69, 9.17) is 5.73 Å². The Kier molecular flexibility index (Phi) is 4.79. The zero-order valence-corrected chi connectivity index (χ0v) is 16.6. The van der Waals surface area contributed by atoms with Crippen LogP contribution in [0, 0.1) is 29.3 Å². The van der Waals surface area contributed by atoms with E-state index in [2.05, 4.69) is 15.1 Å². The highest BCUT2D eigenvalue weighted by atomic mass is 19.1. The predicted molar refractivity (Wildman–Crippen MR) is 106 cm³/mol. The molecule has 0 bridgehead atoms. The molecule has 1 saturated heterocycles. The van der Waals surface area contributed by atoms with Crippen LogP contribution < -0.4 is 5.73 Å². The number of nitrogen functional groups attached to an aromatic ring is 1. The monoisotopic (exact) mass is 430 g/mol. The van der Waals surface area contributed by atoms with Crippen molar-refractivity contribution in [2.45, 2.75) is 37.8 Å². The van der Waals surface area contributed by atoms with Crippen LogP contribution in [0.5, 0.6) is 0 Å². The van der Waals surface area contributed by atoms with E-state index in [1.165, 1.54) is 17.1 Å². The summed E-state index contributed by atoms with van der Waals surface area (Å²) >= 11 is 0. The molecular formula is C21H21F3N6O. The van der Waals surface area contributed by atoms with E-state index >= 15 is 0 Å². The van der Waals surface area contributed by atoms with Crippen molar-refractivity contribution in [1.29, 1.82) is 0 Å². The van der Waals surface area contributed by atoms with Crippen LogP contribution >= 0.6 is 0 Å². The Hall–Kier alpha value is -3.17. The second kappa shape index (κ2) is 7.51. The number of urea groups is 1. The number of rotatable bonds is 2. The normalized spacial score (nSPS) is 27.2. The molecule has 1 aliphatic carbocycles. The first kappa shape index (κ1) is 19.8. The molecule has 2 aromatic rings. The molecule has 1 aromatic heterocycles. The highest BCUT2D eigenvalue weighted by Gasteiger charge is 2.50. The third-order valence-electron chi connectivity index (χ3n) is 6.49. The molecule has 2 N–H and O–H groups in total. The summed E-state index contributed by atoms with van der Waals surface area (Å²) in [6.45, 7) is 0.491. The molecule has 2 fully saturated rings. The number of hydrogen-bond donors (Lipinski definition) is 1. The van der Waals surface area contributed by atoms with Crippen LogP contribution in [0.25, 0.3) is 0 Å². The Morgan fingerprint density at radius 2 is 1.90 bits per heavy atom. The summed E-state index contributed by atoms with van der Waals surface area (Å²) in [6.07, 6.45) is 5.85. The number of anilines is 1. The third kappa shape index (κ3) is 3.39. The minimum Gasteiger partial charge on any atom is -0.381 e. The van der Waals surface area contributed by atoms with Gasteiger partial charge in [-0.25, -0.2) is 32.9 Å². The lowest BCUT2D eigenvalue weighted by atomic mass is 9.93. The van der Waals surface area contributed by atoms with Gasteiger partial charge >= 0.3 is 6.03 Å². The van der Waals surface area contributed by atoms with E-state index < -0.39 is 35.6 Å². The molecule has 3 heterocycles. The van der Waals surface area contributed by atoms with Gasteiger partial charge in [-0.05, 0) is 42.4 Å². The van der Waals surface area contributed by atoms with Crippen molar-refractivity contribution < 1.29 is 18.0 Å². The van der Waals surface area contributed by atoms with Crippen LogP contribution in [0.15, 0.2) is 29.5 Å². The number of likely N-dealkylation sites (tertiary alicyclic amines) is 1. The van der Waals surface area contributed by atoms with Crippen molar-refractivity contribution in [2.24, 2.45) is 16.9 Å². The van der Waals surface area contributed by atoms with E-state index in [9.17, 15) is 18.0 Å². The number of amides is 2. The predicted octanol–water partition coefficient (Wildman–Crippen LogP) is 3.80. The quantitative estimate of drug-likeness (QED) is 0.785. The third-order valence-corrected chi connectivity index (χ3v) is 6.49. The molecule has 0 unspecified atom stereocenters. The maximum absolute atomic E-state index is 13.8. The largest absolute Gasteiger partial charge is 0.381 e. The number of nitrogens with zero attached hydrogens (tertiary/aromatic N) is 5. The molecule has 7 nitrogen and oxygen atoms in total. The second-order valence-corrected chi connectivity index (χ2v) is 8.29. The van der Waals surface area contributed by atoms with Crippen molar-refractivity contribution in [1.82, 2.24) is 19.9 Å². The Bertz CT molecular complexity index is 1040. The first-order valence-electron chi connectivity index (χ1n) is 10.3. The van der Waals surface area contributed by atoms with Gasteiger partial charge in [0, 0.05) is 25.2 Å². The van der Waals surface area contributed by atoms with Crippen molar-refractivity contribution >= 4 is 18.1 Å². The summed E-state index contributed by atoms with van der Waals surface area (Å²) in [6, 6.07) is 1.75. The summed E-state index contributed by atoms with van der Waals surface area (Å²) < 4.78 is 41.2. The lowest BCUT2D eigenvalue weighted by molar-refractivity contribution is 0.129. The molecule has 1 aromatic carbocycles. The first-order chi connectivity index (χ1) is 14.9. The van der Waals surface area contributed by atoms with Crippen molar-refractivity contribution in [3.05, 3.63) is 53.2 Å². The topological polar surface area (TPSA) is 87.7 Å². The van der Waals surface area contributed by atoms with Gasteiger partial charge in [-0.15, -0.1) is 0 Å². The molecule has 1 saturated carbocycles. The summed E-state index contributed by atoms with van der Waals surface area (Å²) in [5.74, 6) is -1.66. The fourth-order valence-corrected chi connectivity index (χ4v) is 5.14. The Morgan fingerprint density at radius 1 is 1.13 bits per heavy atom. The summed E-state index contributed by atoms with van der Waals surface area (Å²) in [4.78, 5) is 23.4. The molecule has 3 aliphatic rings. The number of halogens is 3. The van der Waals surface area contributed by atoms with Gasteiger partial charge in [0.1, 0.15) is 11.6 Å². The molecule has 0 radical (unpaired) electrons. The number of carbonyl (C=O) groups excluding carboxylic acids is 1. The van der Waals surface area contributed by atoms with Crippen molar-refractivity contribution in [2.75, 3.05) is 12.3 Å². The smallest absolute Gasteiger partial charge is 0.341 e. The summed E-state index contributed by atoms with van der Waals surface area (Å²) in [7, 11) is 0. The maximum Gasteiger partial charge on any atom is 0.341 e. The first-order valence-corrected chi connectivity index (χ1v) is 10.3. The van der Waals surface area contributed by atoms with E-state index in [1.54, 1.807) is 11.1 Å². The minimum atomic E-state index is -0.710. The molecule has 4 atom stereocenters. The minimum absolute atomic E-state index is 0.144. The highest BCUT2D eigenvalue weighted by molar-refractivity contribution is 5.79. The van der Waals surface area contributed by atoms with Crippen LogP contribution in [0.2, 0.25) is 0 Å². The molecule has 31 heavy (non-hydrogen) atoms. The molecule has 5 rings (SSSR count). The van der Waals surface area contributed by atoms with Crippen LogP contribution in [0.1, 0.15) is 49.2 Å². The number of carbonyl (C=O) groups is 1. The van der Waals surface area contributed by atoms with E-state index in [-0.39, 0.29) is 17.7 Å².